The lowest BCUT2D eigenvalue weighted by Crippen LogP contribution is -2.48. The van der Waals surface area contributed by atoms with Gasteiger partial charge < -0.3 is 20.1 Å². The van der Waals surface area contributed by atoms with Crippen molar-refractivity contribution in [1.29, 1.82) is 0 Å². The standard InChI is InChI=1S/C33H34N2O4/c1-23(35-33(37)25(3)39-31-20-16-29(17-21-31)27-12-8-5-9-13-27)22-34-32(36)24(2)38-30-18-14-28(15-19-30)26-10-6-4-7-11-26/h4-21,23-25H,22H2,1-3H3,(H,34,36)(H,35,37)/t23-,24+,25+/m1/s1. The maximum Gasteiger partial charge on any atom is 0.261 e. The van der Waals surface area contributed by atoms with Crippen molar-refractivity contribution in [2.45, 2.75) is 39.0 Å². The molecule has 4 aromatic carbocycles. The van der Waals surface area contributed by atoms with E-state index in [4.69, 9.17) is 9.47 Å². The third-order valence-corrected chi connectivity index (χ3v) is 6.26. The molecule has 0 radical (unpaired) electrons. The van der Waals surface area contributed by atoms with Gasteiger partial charge in [-0.25, -0.2) is 0 Å². The largest absolute Gasteiger partial charge is 0.481 e. The number of nitrogens with one attached hydrogen (secondary N) is 2. The Hall–Kier alpha value is -4.58. The van der Waals surface area contributed by atoms with Crippen LogP contribution in [0.15, 0.2) is 109 Å². The Labute approximate surface area is 230 Å². The third-order valence-electron chi connectivity index (χ3n) is 6.26. The fraction of sp³-hybridized carbons (Fsp3) is 0.212. The molecule has 2 N–H and O–H groups in total. The molecule has 0 unspecified atom stereocenters. The quantitative estimate of drug-likeness (QED) is 0.258. The number of ether oxygens (including phenoxy) is 2. The molecule has 4 aromatic rings. The first-order valence-corrected chi connectivity index (χ1v) is 13.1. The molecule has 0 aliphatic carbocycles. The molecule has 200 valence electrons. The van der Waals surface area contributed by atoms with E-state index in [2.05, 4.69) is 10.6 Å². The summed E-state index contributed by atoms with van der Waals surface area (Å²) in [7, 11) is 0. The van der Waals surface area contributed by atoms with Crippen LogP contribution in [0.25, 0.3) is 22.3 Å². The SMILES string of the molecule is C[C@H](CNC(=O)[C@H](C)Oc1ccc(-c2ccccc2)cc1)NC(=O)[C@H](C)Oc1ccc(-c2ccccc2)cc1. The van der Waals surface area contributed by atoms with Gasteiger partial charge in [0.15, 0.2) is 12.2 Å². The molecule has 0 saturated heterocycles. The topological polar surface area (TPSA) is 76.7 Å². The Balaban J connectivity index is 1.19. The van der Waals surface area contributed by atoms with Gasteiger partial charge in [-0.1, -0.05) is 84.9 Å². The summed E-state index contributed by atoms with van der Waals surface area (Å²) in [6.45, 7) is 5.49. The highest BCUT2D eigenvalue weighted by Gasteiger charge is 2.19. The van der Waals surface area contributed by atoms with Gasteiger partial charge in [0.2, 0.25) is 0 Å². The number of benzene rings is 4. The van der Waals surface area contributed by atoms with Gasteiger partial charge in [0.05, 0.1) is 0 Å². The minimum atomic E-state index is -0.688. The van der Waals surface area contributed by atoms with Crippen molar-refractivity contribution in [1.82, 2.24) is 10.6 Å². The highest BCUT2D eigenvalue weighted by atomic mass is 16.5. The van der Waals surface area contributed by atoms with Gasteiger partial charge >= 0.3 is 0 Å². The molecular formula is C33H34N2O4. The van der Waals surface area contributed by atoms with Crippen LogP contribution in [-0.4, -0.2) is 36.6 Å². The predicted octanol–water partition coefficient (Wildman–Crippen LogP) is 5.88. The van der Waals surface area contributed by atoms with E-state index < -0.39 is 12.2 Å². The van der Waals surface area contributed by atoms with E-state index in [1.165, 1.54) is 0 Å². The number of hydrogen-bond acceptors (Lipinski definition) is 4. The van der Waals surface area contributed by atoms with E-state index >= 15 is 0 Å². The lowest BCUT2D eigenvalue weighted by atomic mass is 10.1. The zero-order valence-corrected chi connectivity index (χ0v) is 22.5. The number of carbonyl (C=O) groups is 2. The van der Waals surface area contributed by atoms with Crippen LogP contribution in [0.4, 0.5) is 0 Å². The molecule has 0 aliphatic heterocycles. The first kappa shape index (κ1) is 27.5. The molecule has 6 heteroatoms. The number of hydrogen-bond donors (Lipinski definition) is 2. The summed E-state index contributed by atoms with van der Waals surface area (Å²) in [4.78, 5) is 25.2. The predicted molar refractivity (Wildman–Crippen MR) is 155 cm³/mol. The van der Waals surface area contributed by atoms with Crippen molar-refractivity contribution >= 4 is 11.8 Å². The monoisotopic (exact) mass is 522 g/mol. The van der Waals surface area contributed by atoms with Crippen LogP contribution in [0, 0.1) is 0 Å². The van der Waals surface area contributed by atoms with Gasteiger partial charge in [-0.05, 0) is 67.3 Å². The van der Waals surface area contributed by atoms with Gasteiger partial charge in [-0.3, -0.25) is 9.59 Å². The fourth-order valence-electron chi connectivity index (χ4n) is 4.04. The highest BCUT2D eigenvalue weighted by Crippen LogP contribution is 2.24. The Morgan fingerprint density at radius 3 is 1.38 bits per heavy atom. The normalized spacial score (nSPS) is 13.0. The minimum absolute atomic E-state index is 0.258. The summed E-state index contributed by atoms with van der Waals surface area (Å²) in [6, 6.07) is 35.1. The zero-order chi connectivity index (χ0) is 27.6. The second-order valence-electron chi connectivity index (χ2n) is 9.46. The molecule has 39 heavy (non-hydrogen) atoms. The van der Waals surface area contributed by atoms with Crippen molar-refractivity contribution in [3.8, 4) is 33.8 Å². The second-order valence-corrected chi connectivity index (χ2v) is 9.46. The first-order chi connectivity index (χ1) is 18.9. The average Bonchev–Trinajstić information content (AvgIpc) is 2.97. The van der Waals surface area contributed by atoms with Crippen LogP contribution in [-0.2, 0) is 9.59 Å². The highest BCUT2D eigenvalue weighted by molar-refractivity contribution is 5.82. The summed E-state index contributed by atoms with van der Waals surface area (Å²) in [6.07, 6.45) is -1.37. The molecule has 0 saturated carbocycles. The minimum Gasteiger partial charge on any atom is -0.481 e. The molecule has 0 spiro atoms. The molecule has 6 nitrogen and oxygen atoms in total. The summed E-state index contributed by atoms with van der Waals surface area (Å²) in [5.74, 6) is 0.709. The average molecular weight is 523 g/mol. The summed E-state index contributed by atoms with van der Waals surface area (Å²) in [5, 5.41) is 5.72. The maximum atomic E-state index is 12.6. The Kier molecular flexibility index (Phi) is 9.35. The fourth-order valence-corrected chi connectivity index (χ4v) is 4.04. The van der Waals surface area contributed by atoms with Crippen molar-refractivity contribution < 1.29 is 19.1 Å². The Morgan fingerprint density at radius 1 is 0.564 bits per heavy atom. The van der Waals surface area contributed by atoms with Crippen LogP contribution >= 0.6 is 0 Å². The van der Waals surface area contributed by atoms with Gasteiger partial charge in [-0.2, -0.15) is 0 Å². The molecule has 0 aromatic heterocycles. The van der Waals surface area contributed by atoms with E-state index in [-0.39, 0.29) is 24.4 Å². The zero-order valence-electron chi connectivity index (χ0n) is 22.5. The summed E-state index contributed by atoms with van der Waals surface area (Å²) >= 11 is 0. The van der Waals surface area contributed by atoms with Crippen LogP contribution < -0.4 is 20.1 Å². The van der Waals surface area contributed by atoms with E-state index in [1.54, 1.807) is 13.8 Å². The molecule has 3 atom stereocenters. The van der Waals surface area contributed by atoms with Crippen molar-refractivity contribution in [2.24, 2.45) is 0 Å². The van der Waals surface area contributed by atoms with E-state index in [1.807, 2.05) is 116 Å². The number of rotatable bonds is 11. The lowest BCUT2D eigenvalue weighted by Gasteiger charge is -2.20. The molecule has 2 amide bonds. The second kappa shape index (κ2) is 13.3. The van der Waals surface area contributed by atoms with E-state index in [9.17, 15) is 9.59 Å². The molecule has 0 heterocycles. The van der Waals surface area contributed by atoms with E-state index in [0.717, 1.165) is 22.3 Å². The smallest absolute Gasteiger partial charge is 0.261 e. The van der Waals surface area contributed by atoms with Crippen LogP contribution in [0.2, 0.25) is 0 Å². The Morgan fingerprint density at radius 2 is 0.949 bits per heavy atom. The van der Waals surface area contributed by atoms with Crippen LogP contribution in [0.5, 0.6) is 11.5 Å². The van der Waals surface area contributed by atoms with E-state index in [0.29, 0.717) is 11.5 Å². The van der Waals surface area contributed by atoms with Crippen molar-refractivity contribution in [3.05, 3.63) is 109 Å². The molecule has 0 aliphatic rings. The van der Waals surface area contributed by atoms with Crippen LogP contribution in [0.3, 0.4) is 0 Å². The van der Waals surface area contributed by atoms with Gasteiger partial charge in [0, 0.05) is 12.6 Å². The molecular weight excluding hydrogens is 488 g/mol. The van der Waals surface area contributed by atoms with Gasteiger partial charge in [0.25, 0.3) is 11.8 Å². The van der Waals surface area contributed by atoms with Crippen molar-refractivity contribution in [2.75, 3.05) is 6.54 Å². The lowest BCUT2D eigenvalue weighted by molar-refractivity contribution is -0.129. The van der Waals surface area contributed by atoms with Crippen molar-refractivity contribution in [3.63, 3.8) is 0 Å². The van der Waals surface area contributed by atoms with Gasteiger partial charge in [-0.15, -0.1) is 0 Å². The van der Waals surface area contributed by atoms with Gasteiger partial charge in [0.1, 0.15) is 11.5 Å². The van der Waals surface area contributed by atoms with Crippen LogP contribution in [0.1, 0.15) is 20.8 Å². The molecule has 0 fully saturated rings. The number of amides is 2. The number of carbonyl (C=O) groups excluding carboxylic acids is 2. The Bertz CT molecular complexity index is 1340. The molecule has 0 bridgehead atoms. The first-order valence-electron chi connectivity index (χ1n) is 13.1. The molecule has 4 rings (SSSR count). The summed E-state index contributed by atoms with van der Waals surface area (Å²) in [5.41, 5.74) is 4.39. The maximum absolute atomic E-state index is 12.6. The summed E-state index contributed by atoms with van der Waals surface area (Å²) < 4.78 is 11.6. The third kappa shape index (κ3) is 7.95.